The summed E-state index contributed by atoms with van der Waals surface area (Å²) in [4.78, 5) is 11.1. The van der Waals surface area contributed by atoms with E-state index in [1.807, 2.05) is 0 Å². The van der Waals surface area contributed by atoms with Crippen molar-refractivity contribution in [2.24, 2.45) is 5.92 Å². The summed E-state index contributed by atoms with van der Waals surface area (Å²) in [6.45, 7) is 5.70. The van der Waals surface area contributed by atoms with Crippen LogP contribution in [0.1, 0.15) is 36.7 Å². The second-order valence-corrected chi connectivity index (χ2v) is 4.00. The summed E-state index contributed by atoms with van der Waals surface area (Å²) in [6.07, 6.45) is 0.799. The van der Waals surface area contributed by atoms with Crippen molar-refractivity contribution in [2.45, 2.75) is 27.2 Å². The van der Waals surface area contributed by atoms with E-state index in [-0.39, 0.29) is 11.5 Å². The Hall–Kier alpha value is -1.31. The van der Waals surface area contributed by atoms with E-state index in [9.17, 15) is 9.90 Å². The summed E-state index contributed by atoms with van der Waals surface area (Å²) in [6, 6.07) is 5.02. The lowest BCUT2D eigenvalue weighted by Gasteiger charge is -2.08. The predicted octanol–water partition coefficient (Wildman–Crippen LogP) is 2.79. The molecule has 0 saturated carbocycles. The van der Waals surface area contributed by atoms with Gasteiger partial charge in [0.2, 0.25) is 0 Å². The molecule has 0 aromatic heterocycles. The van der Waals surface area contributed by atoms with Crippen molar-refractivity contribution in [2.75, 3.05) is 0 Å². The number of carbonyl (C=O) groups is 1. The largest absolute Gasteiger partial charge is 0.508 e. The Morgan fingerprint density at radius 2 is 2.07 bits per heavy atom. The van der Waals surface area contributed by atoms with Gasteiger partial charge < -0.3 is 5.11 Å². The lowest BCUT2D eigenvalue weighted by molar-refractivity contribution is 0.101. The van der Waals surface area contributed by atoms with Crippen molar-refractivity contribution in [3.63, 3.8) is 0 Å². The first-order chi connectivity index (χ1) is 6.50. The molecule has 0 unspecified atom stereocenters. The molecule has 2 heteroatoms. The average Bonchev–Trinajstić information content (AvgIpc) is 2.07. The van der Waals surface area contributed by atoms with E-state index in [4.69, 9.17) is 0 Å². The number of phenolic OH excluding ortho intramolecular Hbond substituents is 1. The Morgan fingerprint density at radius 3 is 2.57 bits per heavy atom. The Kier molecular flexibility index (Phi) is 3.28. The van der Waals surface area contributed by atoms with Crippen LogP contribution >= 0.6 is 0 Å². The maximum Gasteiger partial charge on any atom is 0.159 e. The zero-order valence-electron chi connectivity index (χ0n) is 8.87. The predicted molar refractivity (Wildman–Crippen MR) is 56.7 cm³/mol. The number of benzene rings is 1. The topological polar surface area (TPSA) is 37.3 Å². The van der Waals surface area contributed by atoms with Crippen LogP contribution in [0.2, 0.25) is 0 Å². The fourth-order valence-electron chi connectivity index (χ4n) is 1.41. The monoisotopic (exact) mass is 192 g/mol. The van der Waals surface area contributed by atoms with Crippen molar-refractivity contribution < 1.29 is 9.90 Å². The van der Waals surface area contributed by atoms with Crippen molar-refractivity contribution in [3.8, 4) is 5.75 Å². The number of rotatable bonds is 3. The number of hydrogen-bond acceptors (Lipinski definition) is 2. The molecule has 76 valence electrons. The third-order valence-electron chi connectivity index (χ3n) is 2.11. The molecule has 1 rings (SSSR count). The molecule has 0 spiro atoms. The number of Topliss-reactive ketones (excluding diaryl/α,β-unsaturated/α-hetero) is 1. The minimum atomic E-state index is 0.0370. The van der Waals surface area contributed by atoms with E-state index in [0.29, 0.717) is 11.5 Å². The molecule has 1 aromatic rings. The maximum atomic E-state index is 11.1. The normalized spacial score (nSPS) is 10.6. The van der Waals surface area contributed by atoms with Gasteiger partial charge in [0, 0.05) is 5.56 Å². The van der Waals surface area contributed by atoms with Crippen LogP contribution < -0.4 is 0 Å². The van der Waals surface area contributed by atoms with Crippen LogP contribution in [0.25, 0.3) is 0 Å². The Morgan fingerprint density at radius 1 is 1.43 bits per heavy atom. The van der Waals surface area contributed by atoms with Gasteiger partial charge in [-0.1, -0.05) is 13.8 Å². The van der Waals surface area contributed by atoms with Gasteiger partial charge in [-0.15, -0.1) is 0 Å². The summed E-state index contributed by atoms with van der Waals surface area (Å²) in [7, 11) is 0. The third-order valence-corrected chi connectivity index (χ3v) is 2.11. The maximum absolute atomic E-state index is 11.1. The SMILES string of the molecule is CC(=O)c1ccc(O)c(CC(C)C)c1. The quantitative estimate of drug-likeness (QED) is 0.748. The first-order valence-corrected chi connectivity index (χ1v) is 4.83. The Labute approximate surface area is 84.6 Å². The van der Waals surface area contributed by atoms with Gasteiger partial charge in [0.05, 0.1) is 0 Å². The Bertz CT molecular complexity index is 340. The fraction of sp³-hybridized carbons (Fsp3) is 0.417. The molecule has 1 aromatic carbocycles. The average molecular weight is 192 g/mol. The number of ketones is 1. The van der Waals surface area contributed by atoms with Crippen molar-refractivity contribution in [1.82, 2.24) is 0 Å². The number of aromatic hydroxyl groups is 1. The number of carbonyl (C=O) groups excluding carboxylic acids is 1. The minimum absolute atomic E-state index is 0.0370. The van der Waals surface area contributed by atoms with Crippen LogP contribution in [0.15, 0.2) is 18.2 Å². The molecule has 0 amide bonds. The van der Waals surface area contributed by atoms with Crippen LogP contribution in [0.5, 0.6) is 5.75 Å². The standard InChI is InChI=1S/C12H16O2/c1-8(2)6-11-7-10(9(3)13)4-5-12(11)14/h4-5,7-8,14H,6H2,1-3H3. The van der Waals surface area contributed by atoms with Crippen LogP contribution in [0.3, 0.4) is 0 Å². The molecule has 0 aliphatic carbocycles. The van der Waals surface area contributed by atoms with E-state index in [1.54, 1.807) is 18.2 Å². The third kappa shape index (κ3) is 2.59. The van der Waals surface area contributed by atoms with Gasteiger partial charge in [0.25, 0.3) is 0 Å². The van der Waals surface area contributed by atoms with Crippen molar-refractivity contribution in [3.05, 3.63) is 29.3 Å². The molecular weight excluding hydrogens is 176 g/mol. The molecule has 0 saturated heterocycles. The lowest BCUT2D eigenvalue weighted by atomic mass is 9.99. The van der Waals surface area contributed by atoms with Gasteiger partial charge in [-0.05, 0) is 43.0 Å². The van der Waals surface area contributed by atoms with Crippen molar-refractivity contribution >= 4 is 5.78 Å². The minimum Gasteiger partial charge on any atom is -0.508 e. The molecule has 0 radical (unpaired) electrons. The molecule has 14 heavy (non-hydrogen) atoms. The molecule has 2 nitrogen and oxygen atoms in total. The zero-order valence-corrected chi connectivity index (χ0v) is 8.87. The van der Waals surface area contributed by atoms with Crippen LogP contribution in [0, 0.1) is 5.92 Å². The van der Waals surface area contributed by atoms with E-state index < -0.39 is 0 Å². The van der Waals surface area contributed by atoms with Gasteiger partial charge in [-0.2, -0.15) is 0 Å². The van der Waals surface area contributed by atoms with Gasteiger partial charge in [0.15, 0.2) is 5.78 Å². The molecule has 0 atom stereocenters. The highest BCUT2D eigenvalue weighted by Gasteiger charge is 2.07. The number of hydrogen-bond donors (Lipinski definition) is 1. The Balaban J connectivity index is 3.02. The van der Waals surface area contributed by atoms with Crippen LogP contribution in [0.4, 0.5) is 0 Å². The van der Waals surface area contributed by atoms with Crippen LogP contribution in [-0.4, -0.2) is 10.9 Å². The second-order valence-electron chi connectivity index (χ2n) is 4.00. The number of phenols is 1. The molecule has 0 bridgehead atoms. The molecular formula is C12H16O2. The van der Waals surface area contributed by atoms with Gasteiger partial charge in [0.1, 0.15) is 5.75 Å². The smallest absolute Gasteiger partial charge is 0.159 e. The van der Waals surface area contributed by atoms with Gasteiger partial charge in [-0.3, -0.25) is 4.79 Å². The summed E-state index contributed by atoms with van der Waals surface area (Å²) in [5.41, 5.74) is 1.52. The van der Waals surface area contributed by atoms with E-state index in [2.05, 4.69) is 13.8 Å². The summed E-state index contributed by atoms with van der Waals surface area (Å²) >= 11 is 0. The summed E-state index contributed by atoms with van der Waals surface area (Å²) < 4.78 is 0. The highest BCUT2D eigenvalue weighted by atomic mass is 16.3. The highest BCUT2D eigenvalue weighted by molar-refractivity contribution is 5.94. The van der Waals surface area contributed by atoms with E-state index in [1.165, 1.54) is 6.92 Å². The first-order valence-electron chi connectivity index (χ1n) is 4.83. The highest BCUT2D eigenvalue weighted by Crippen LogP contribution is 2.21. The lowest BCUT2D eigenvalue weighted by Crippen LogP contribution is -1.98. The van der Waals surface area contributed by atoms with E-state index in [0.717, 1.165) is 12.0 Å². The molecule has 0 heterocycles. The summed E-state index contributed by atoms with van der Waals surface area (Å²) in [5.74, 6) is 0.793. The second kappa shape index (κ2) is 4.27. The molecule has 0 aliphatic rings. The summed E-state index contributed by atoms with van der Waals surface area (Å²) in [5, 5.41) is 9.55. The molecule has 1 N–H and O–H groups in total. The fourth-order valence-corrected chi connectivity index (χ4v) is 1.41. The van der Waals surface area contributed by atoms with Gasteiger partial charge >= 0.3 is 0 Å². The van der Waals surface area contributed by atoms with Crippen LogP contribution in [-0.2, 0) is 6.42 Å². The van der Waals surface area contributed by atoms with Crippen molar-refractivity contribution in [1.29, 1.82) is 0 Å². The molecule has 0 aliphatic heterocycles. The zero-order chi connectivity index (χ0) is 10.7. The first kappa shape index (κ1) is 10.8. The van der Waals surface area contributed by atoms with Gasteiger partial charge in [-0.25, -0.2) is 0 Å². The van der Waals surface area contributed by atoms with E-state index >= 15 is 0 Å². The molecule has 0 fully saturated rings.